The van der Waals surface area contributed by atoms with Crippen molar-refractivity contribution in [2.45, 2.75) is 25.4 Å². The molecule has 8 nitrogen and oxygen atoms in total. The molecule has 0 bridgehead atoms. The Balaban J connectivity index is 1.15. The molecule has 208 valence electrons. The zero-order chi connectivity index (χ0) is 27.8. The van der Waals surface area contributed by atoms with Crippen molar-refractivity contribution < 1.29 is 19.1 Å². The normalized spacial score (nSPS) is 17.9. The molecule has 0 aliphatic carbocycles. The minimum absolute atomic E-state index is 0.0599. The number of rotatable bonds is 4. The van der Waals surface area contributed by atoms with Crippen molar-refractivity contribution >= 4 is 34.7 Å². The Morgan fingerprint density at radius 2 is 1.83 bits per heavy atom. The predicted molar refractivity (Wildman–Crippen MR) is 159 cm³/mol. The Bertz CT molecular complexity index is 1610. The molecule has 2 aromatic carbocycles. The number of benzene rings is 2. The molecule has 9 heteroatoms. The molecule has 3 aliphatic rings. The number of thiophene rings is 1. The van der Waals surface area contributed by atoms with Gasteiger partial charge in [-0.25, -0.2) is 4.98 Å². The van der Waals surface area contributed by atoms with Gasteiger partial charge in [0.05, 0.1) is 29.8 Å². The van der Waals surface area contributed by atoms with Gasteiger partial charge in [-0.15, -0.1) is 11.3 Å². The van der Waals surface area contributed by atoms with E-state index in [1.165, 1.54) is 11.3 Å². The van der Waals surface area contributed by atoms with Crippen LogP contribution in [0.4, 0.5) is 11.5 Å². The van der Waals surface area contributed by atoms with Gasteiger partial charge in [0.15, 0.2) is 0 Å². The fourth-order valence-electron chi connectivity index (χ4n) is 5.70. The summed E-state index contributed by atoms with van der Waals surface area (Å²) in [6.45, 7) is 3.63. The van der Waals surface area contributed by atoms with Crippen molar-refractivity contribution in [1.29, 1.82) is 0 Å². The first-order valence-electron chi connectivity index (χ1n) is 14.0. The fraction of sp³-hybridized carbons (Fsp3) is 0.281. The number of anilines is 2. The van der Waals surface area contributed by atoms with Gasteiger partial charge < -0.3 is 24.6 Å². The van der Waals surface area contributed by atoms with Gasteiger partial charge in [-0.2, -0.15) is 0 Å². The van der Waals surface area contributed by atoms with Crippen molar-refractivity contribution in [1.82, 2.24) is 10.3 Å². The molecular weight excluding hydrogens is 536 g/mol. The molecule has 1 saturated heterocycles. The van der Waals surface area contributed by atoms with Gasteiger partial charge in [-0.05, 0) is 48.7 Å². The lowest BCUT2D eigenvalue weighted by molar-refractivity contribution is 0.0932. The molecule has 0 spiro atoms. The number of aromatic nitrogens is 1. The standard InChI is InChI=1S/C32H30N4O4S/c37-31(33-23-13-16-39-20-23)28-18-21-12-14-36(26-9-3-2-7-24(26)30(21)41-28)32(38)25-8-5-11-29(34-25)35-15-17-40-27-10-4-1-6-22(27)19-35/h1-11,18,23H,12-17,19-20H2,(H,33,37)/t23-/m1/s1. The number of carbonyl (C=O) groups is 2. The first-order chi connectivity index (χ1) is 20.1. The van der Waals surface area contributed by atoms with Crippen LogP contribution < -0.4 is 19.9 Å². The molecule has 41 heavy (non-hydrogen) atoms. The van der Waals surface area contributed by atoms with Crippen LogP contribution in [0.15, 0.2) is 72.8 Å². The third-order valence-corrected chi connectivity index (χ3v) is 9.03. The molecule has 3 aliphatic heterocycles. The van der Waals surface area contributed by atoms with Crippen molar-refractivity contribution in [2.75, 3.05) is 42.7 Å². The first kappa shape index (κ1) is 25.7. The van der Waals surface area contributed by atoms with Crippen LogP contribution in [0.3, 0.4) is 0 Å². The van der Waals surface area contributed by atoms with Crippen LogP contribution in [0.25, 0.3) is 10.4 Å². The van der Waals surface area contributed by atoms with E-state index in [-0.39, 0.29) is 17.9 Å². The predicted octanol–water partition coefficient (Wildman–Crippen LogP) is 4.93. The zero-order valence-corrected chi connectivity index (χ0v) is 23.4. The molecule has 2 amide bonds. The number of carbonyl (C=O) groups excluding carboxylic acids is 2. The number of amides is 2. The van der Waals surface area contributed by atoms with E-state index in [1.807, 2.05) is 65.6 Å². The summed E-state index contributed by atoms with van der Waals surface area (Å²) in [7, 11) is 0. The fourth-order valence-corrected chi connectivity index (χ4v) is 6.85. The van der Waals surface area contributed by atoms with Crippen LogP contribution in [0, 0.1) is 0 Å². The van der Waals surface area contributed by atoms with Gasteiger partial charge in [0, 0.05) is 35.7 Å². The SMILES string of the molecule is O=C(N[C@@H]1CCOC1)c1cc2c(s1)-c1ccccc1N(C(=O)c1cccc(N3CCOc4ccccc4C3)n1)CC2. The van der Waals surface area contributed by atoms with Gasteiger partial charge in [0.2, 0.25) is 0 Å². The number of hydrogen-bond donors (Lipinski definition) is 1. The molecule has 0 unspecified atom stereocenters. The molecule has 1 N–H and O–H groups in total. The lowest BCUT2D eigenvalue weighted by atomic mass is 10.1. The highest BCUT2D eigenvalue weighted by Gasteiger charge is 2.29. The molecule has 0 radical (unpaired) electrons. The monoisotopic (exact) mass is 566 g/mol. The molecule has 2 aromatic heterocycles. The third kappa shape index (κ3) is 5.07. The van der Waals surface area contributed by atoms with E-state index in [4.69, 9.17) is 14.5 Å². The number of fused-ring (bicyclic) bond motifs is 4. The lowest BCUT2D eigenvalue weighted by Crippen LogP contribution is -2.34. The average Bonchev–Trinajstić information content (AvgIpc) is 3.59. The maximum atomic E-state index is 14.0. The highest BCUT2D eigenvalue weighted by molar-refractivity contribution is 7.17. The maximum Gasteiger partial charge on any atom is 0.276 e. The lowest BCUT2D eigenvalue weighted by Gasteiger charge is -2.24. The number of nitrogens with zero attached hydrogens (tertiary/aromatic N) is 3. The summed E-state index contributed by atoms with van der Waals surface area (Å²) in [6, 6.07) is 23.6. The summed E-state index contributed by atoms with van der Waals surface area (Å²) in [6.07, 6.45) is 1.48. The van der Waals surface area contributed by atoms with Gasteiger partial charge in [0.25, 0.3) is 11.8 Å². The molecule has 0 saturated carbocycles. The van der Waals surface area contributed by atoms with Crippen LogP contribution in [-0.4, -0.2) is 55.8 Å². The Morgan fingerprint density at radius 1 is 0.951 bits per heavy atom. The molecule has 5 heterocycles. The van der Waals surface area contributed by atoms with Crippen molar-refractivity contribution in [3.05, 3.63) is 94.5 Å². The van der Waals surface area contributed by atoms with E-state index in [0.717, 1.165) is 45.2 Å². The molecule has 1 atom stereocenters. The van der Waals surface area contributed by atoms with Crippen LogP contribution in [0.1, 0.15) is 37.7 Å². The van der Waals surface area contributed by atoms with Crippen LogP contribution in [0.2, 0.25) is 0 Å². The summed E-state index contributed by atoms with van der Waals surface area (Å²) in [5, 5.41) is 3.10. The Morgan fingerprint density at radius 3 is 2.73 bits per heavy atom. The van der Waals surface area contributed by atoms with Crippen molar-refractivity contribution in [3.63, 3.8) is 0 Å². The number of hydrogen-bond acceptors (Lipinski definition) is 7. The first-order valence-corrected chi connectivity index (χ1v) is 14.8. The average molecular weight is 567 g/mol. The quantitative estimate of drug-likeness (QED) is 0.377. The van der Waals surface area contributed by atoms with E-state index >= 15 is 0 Å². The Kier molecular flexibility index (Phi) is 6.90. The second-order valence-corrected chi connectivity index (χ2v) is 11.5. The minimum Gasteiger partial charge on any atom is -0.491 e. The zero-order valence-electron chi connectivity index (χ0n) is 22.5. The smallest absolute Gasteiger partial charge is 0.276 e. The topological polar surface area (TPSA) is 84.0 Å². The maximum absolute atomic E-state index is 14.0. The highest BCUT2D eigenvalue weighted by Crippen LogP contribution is 2.42. The largest absolute Gasteiger partial charge is 0.491 e. The summed E-state index contributed by atoms with van der Waals surface area (Å²) in [5.41, 5.74) is 4.37. The Labute approximate surface area is 242 Å². The van der Waals surface area contributed by atoms with E-state index in [0.29, 0.717) is 56.4 Å². The summed E-state index contributed by atoms with van der Waals surface area (Å²) in [5.74, 6) is 1.44. The van der Waals surface area contributed by atoms with Crippen LogP contribution in [-0.2, 0) is 17.7 Å². The van der Waals surface area contributed by atoms with Crippen LogP contribution >= 0.6 is 11.3 Å². The molecule has 7 rings (SSSR count). The van der Waals surface area contributed by atoms with Gasteiger partial charge in [0.1, 0.15) is 23.9 Å². The van der Waals surface area contributed by atoms with E-state index in [2.05, 4.69) is 16.3 Å². The minimum atomic E-state index is -0.139. The number of para-hydroxylation sites is 2. The second kappa shape index (κ2) is 11.0. The third-order valence-electron chi connectivity index (χ3n) is 7.82. The van der Waals surface area contributed by atoms with Gasteiger partial charge in [-0.1, -0.05) is 42.5 Å². The second-order valence-electron chi connectivity index (χ2n) is 10.5. The highest BCUT2D eigenvalue weighted by atomic mass is 32.1. The molecular formula is C32H30N4O4S. The van der Waals surface area contributed by atoms with E-state index < -0.39 is 0 Å². The number of ether oxygens (including phenoxy) is 2. The number of pyridine rings is 1. The van der Waals surface area contributed by atoms with Crippen molar-refractivity contribution in [2.24, 2.45) is 0 Å². The molecule has 4 aromatic rings. The Hall–Kier alpha value is -4.21. The van der Waals surface area contributed by atoms with E-state index in [1.54, 1.807) is 6.07 Å². The summed E-state index contributed by atoms with van der Waals surface area (Å²) in [4.78, 5) is 37.5. The van der Waals surface area contributed by atoms with Gasteiger partial charge in [-0.3, -0.25) is 9.59 Å². The molecule has 1 fully saturated rings. The van der Waals surface area contributed by atoms with Gasteiger partial charge >= 0.3 is 0 Å². The van der Waals surface area contributed by atoms with Crippen LogP contribution in [0.5, 0.6) is 5.75 Å². The van der Waals surface area contributed by atoms with E-state index in [9.17, 15) is 9.59 Å². The summed E-state index contributed by atoms with van der Waals surface area (Å²) < 4.78 is 11.3. The number of nitrogens with one attached hydrogen (secondary N) is 1. The van der Waals surface area contributed by atoms with Crippen molar-refractivity contribution in [3.8, 4) is 16.2 Å². The summed E-state index contributed by atoms with van der Waals surface area (Å²) >= 11 is 1.49.